The SMILES string of the molecule is CCCNCc1ccc(N(C)CC(F)(F)F)nc1. The van der Waals surface area contributed by atoms with E-state index >= 15 is 0 Å². The third kappa shape index (κ3) is 5.35. The number of aromatic nitrogens is 1. The molecule has 0 atom stereocenters. The fourth-order valence-electron chi connectivity index (χ4n) is 1.51. The lowest BCUT2D eigenvalue weighted by Crippen LogP contribution is -2.31. The van der Waals surface area contributed by atoms with E-state index in [1.165, 1.54) is 7.05 Å². The van der Waals surface area contributed by atoms with Crippen molar-refractivity contribution < 1.29 is 13.2 Å². The quantitative estimate of drug-likeness (QED) is 0.798. The number of nitrogens with one attached hydrogen (secondary N) is 1. The second kappa shape index (κ2) is 6.58. The summed E-state index contributed by atoms with van der Waals surface area (Å²) in [6.07, 6.45) is -1.57. The second-order valence-electron chi connectivity index (χ2n) is 4.17. The maximum Gasteiger partial charge on any atom is 0.405 e. The highest BCUT2D eigenvalue weighted by Gasteiger charge is 2.29. The number of hydrogen-bond donors (Lipinski definition) is 1. The van der Waals surface area contributed by atoms with E-state index < -0.39 is 12.7 Å². The van der Waals surface area contributed by atoms with Crippen molar-refractivity contribution >= 4 is 5.82 Å². The van der Waals surface area contributed by atoms with Gasteiger partial charge in [0, 0.05) is 19.8 Å². The Balaban J connectivity index is 2.54. The van der Waals surface area contributed by atoms with Gasteiger partial charge in [0.1, 0.15) is 12.4 Å². The largest absolute Gasteiger partial charge is 0.405 e. The summed E-state index contributed by atoms with van der Waals surface area (Å²) < 4.78 is 36.6. The smallest absolute Gasteiger partial charge is 0.351 e. The molecule has 0 aliphatic heterocycles. The Kier molecular flexibility index (Phi) is 5.40. The van der Waals surface area contributed by atoms with Crippen LogP contribution in [0.4, 0.5) is 19.0 Å². The highest BCUT2D eigenvalue weighted by atomic mass is 19.4. The van der Waals surface area contributed by atoms with Crippen LogP contribution in [0.5, 0.6) is 0 Å². The molecule has 0 aromatic carbocycles. The lowest BCUT2D eigenvalue weighted by molar-refractivity contribution is -0.119. The minimum Gasteiger partial charge on any atom is -0.351 e. The van der Waals surface area contributed by atoms with Crippen LogP contribution in [-0.2, 0) is 6.54 Å². The minimum absolute atomic E-state index is 0.326. The summed E-state index contributed by atoms with van der Waals surface area (Å²) >= 11 is 0. The molecule has 0 aliphatic rings. The van der Waals surface area contributed by atoms with Crippen LogP contribution in [0.1, 0.15) is 18.9 Å². The minimum atomic E-state index is -4.21. The van der Waals surface area contributed by atoms with Crippen molar-refractivity contribution in [2.45, 2.75) is 26.1 Å². The zero-order valence-corrected chi connectivity index (χ0v) is 10.6. The van der Waals surface area contributed by atoms with Crippen LogP contribution in [0, 0.1) is 0 Å². The molecule has 0 unspecified atom stereocenters. The van der Waals surface area contributed by atoms with Gasteiger partial charge in [0.25, 0.3) is 0 Å². The summed E-state index contributed by atoms with van der Waals surface area (Å²) in [7, 11) is 1.38. The number of halogens is 3. The Labute approximate surface area is 105 Å². The molecule has 1 rings (SSSR count). The average Bonchev–Trinajstić information content (AvgIpc) is 2.28. The summed E-state index contributed by atoms with van der Waals surface area (Å²) in [5.41, 5.74) is 0.965. The Hall–Kier alpha value is -1.30. The Morgan fingerprint density at radius 3 is 2.56 bits per heavy atom. The summed E-state index contributed by atoms with van der Waals surface area (Å²) in [6, 6.07) is 3.40. The van der Waals surface area contributed by atoms with Crippen molar-refractivity contribution in [2.24, 2.45) is 0 Å². The highest BCUT2D eigenvalue weighted by Crippen LogP contribution is 2.19. The fourth-order valence-corrected chi connectivity index (χ4v) is 1.51. The molecule has 1 heterocycles. The average molecular weight is 261 g/mol. The maximum atomic E-state index is 12.2. The summed E-state index contributed by atoms with van der Waals surface area (Å²) in [5.74, 6) is 0.326. The zero-order chi connectivity index (χ0) is 13.6. The van der Waals surface area contributed by atoms with Crippen LogP contribution in [0.15, 0.2) is 18.3 Å². The zero-order valence-electron chi connectivity index (χ0n) is 10.6. The summed E-state index contributed by atoms with van der Waals surface area (Å²) in [6.45, 7) is 2.67. The lowest BCUT2D eigenvalue weighted by Gasteiger charge is -2.19. The molecule has 0 saturated carbocycles. The molecule has 1 N–H and O–H groups in total. The van der Waals surface area contributed by atoms with Crippen LogP contribution < -0.4 is 10.2 Å². The van der Waals surface area contributed by atoms with Gasteiger partial charge in [-0.1, -0.05) is 13.0 Å². The number of hydrogen-bond acceptors (Lipinski definition) is 3. The standard InChI is InChI=1S/C12H18F3N3/c1-3-6-16-7-10-4-5-11(17-8-10)18(2)9-12(13,14)15/h4-5,8,16H,3,6-7,9H2,1-2H3. The van der Waals surface area contributed by atoms with E-state index in [2.05, 4.69) is 17.2 Å². The van der Waals surface area contributed by atoms with Crippen molar-refractivity contribution in [3.05, 3.63) is 23.9 Å². The van der Waals surface area contributed by atoms with Gasteiger partial charge in [-0.25, -0.2) is 4.98 Å². The predicted octanol–water partition coefficient (Wildman–Crippen LogP) is 2.58. The van der Waals surface area contributed by atoms with E-state index in [1.807, 2.05) is 0 Å². The van der Waals surface area contributed by atoms with Gasteiger partial charge in [0.15, 0.2) is 0 Å². The van der Waals surface area contributed by atoms with Crippen LogP contribution in [-0.4, -0.2) is 31.3 Å². The van der Waals surface area contributed by atoms with E-state index in [-0.39, 0.29) is 0 Å². The van der Waals surface area contributed by atoms with E-state index in [4.69, 9.17) is 0 Å². The van der Waals surface area contributed by atoms with Crippen molar-refractivity contribution in [1.82, 2.24) is 10.3 Å². The Bertz CT molecular complexity index is 349. The topological polar surface area (TPSA) is 28.2 Å². The third-order valence-corrected chi connectivity index (χ3v) is 2.37. The highest BCUT2D eigenvalue weighted by molar-refractivity contribution is 5.38. The predicted molar refractivity (Wildman–Crippen MR) is 65.6 cm³/mol. The molecule has 0 aliphatic carbocycles. The van der Waals surface area contributed by atoms with Crippen molar-refractivity contribution in [3.63, 3.8) is 0 Å². The van der Waals surface area contributed by atoms with Crippen molar-refractivity contribution in [3.8, 4) is 0 Å². The number of pyridine rings is 1. The van der Waals surface area contributed by atoms with Gasteiger partial charge < -0.3 is 10.2 Å². The molecule has 1 aromatic rings. The third-order valence-electron chi connectivity index (χ3n) is 2.37. The van der Waals surface area contributed by atoms with Crippen LogP contribution in [0.25, 0.3) is 0 Å². The van der Waals surface area contributed by atoms with Gasteiger partial charge in [0.2, 0.25) is 0 Å². The first kappa shape index (κ1) is 14.8. The molecule has 0 amide bonds. The van der Waals surface area contributed by atoms with Gasteiger partial charge >= 0.3 is 6.18 Å². The number of nitrogens with zero attached hydrogens (tertiary/aromatic N) is 2. The molecule has 0 spiro atoms. The molecular formula is C12H18F3N3. The second-order valence-corrected chi connectivity index (χ2v) is 4.17. The Morgan fingerprint density at radius 2 is 2.06 bits per heavy atom. The molecule has 3 nitrogen and oxygen atoms in total. The molecule has 6 heteroatoms. The van der Waals surface area contributed by atoms with Gasteiger partial charge in [-0.05, 0) is 24.6 Å². The first-order chi connectivity index (χ1) is 8.42. The van der Waals surface area contributed by atoms with Gasteiger partial charge in [-0.3, -0.25) is 0 Å². The first-order valence-corrected chi connectivity index (χ1v) is 5.86. The van der Waals surface area contributed by atoms with Crippen LogP contribution in [0.2, 0.25) is 0 Å². The number of alkyl halides is 3. The molecule has 0 radical (unpaired) electrons. The maximum absolute atomic E-state index is 12.2. The molecule has 0 saturated heterocycles. The van der Waals surface area contributed by atoms with Gasteiger partial charge in [-0.15, -0.1) is 0 Å². The fraction of sp³-hybridized carbons (Fsp3) is 0.583. The van der Waals surface area contributed by atoms with Crippen LogP contribution in [0.3, 0.4) is 0 Å². The normalized spacial score (nSPS) is 11.6. The summed E-state index contributed by atoms with van der Waals surface area (Å²) in [5, 5.41) is 3.20. The van der Waals surface area contributed by atoms with Crippen LogP contribution >= 0.6 is 0 Å². The lowest BCUT2D eigenvalue weighted by atomic mass is 10.2. The number of rotatable bonds is 6. The van der Waals surface area contributed by atoms with Gasteiger partial charge in [-0.2, -0.15) is 13.2 Å². The monoisotopic (exact) mass is 261 g/mol. The number of anilines is 1. The molecule has 0 fully saturated rings. The molecular weight excluding hydrogens is 243 g/mol. The van der Waals surface area contributed by atoms with Crippen molar-refractivity contribution in [1.29, 1.82) is 0 Å². The van der Waals surface area contributed by atoms with E-state index in [1.54, 1.807) is 18.3 Å². The Morgan fingerprint density at radius 1 is 1.33 bits per heavy atom. The summed E-state index contributed by atoms with van der Waals surface area (Å²) in [4.78, 5) is 5.11. The van der Waals surface area contributed by atoms with Crippen molar-refractivity contribution in [2.75, 3.05) is 25.0 Å². The van der Waals surface area contributed by atoms with E-state index in [9.17, 15) is 13.2 Å². The molecule has 1 aromatic heterocycles. The molecule has 18 heavy (non-hydrogen) atoms. The first-order valence-electron chi connectivity index (χ1n) is 5.86. The van der Waals surface area contributed by atoms with E-state index in [0.717, 1.165) is 23.4 Å². The molecule has 0 bridgehead atoms. The van der Waals surface area contributed by atoms with E-state index in [0.29, 0.717) is 12.4 Å². The molecule has 102 valence electrons. The van der Waals surface area contributed by atoms with Gasteiger partial charge in [0.05, 0.1) is 0 Å².